The van der Waals surface area contributed by atoms with E-state index in [0.717, 1.165) is 18.9 Å². The molecule has 1 aliphatic carbocycles. The van der Waals surface area contributed by atoms with Gasteiger partial charge in [-0.3, -0.25) is 10.1 Å². The van der Waals surface area contributed by atoms with E-state index in [1.54, 1.807) is 0 Å². The van der Waals surface area contributed by atoms with Gasteiger partial charge < -0.3 is 9.84 Å². The smallest absolute Gasteiger partial charge is 0.288 e. The molecule has 10 heteroatoms. The fourth-order valence-electron chi connectivity index (χ4n) is 3.31. The molecule has 0 saturated heterocycles. The highest BCUT2D eigenvalue weighted by molar-refractivity contribution is 8.00. The first-order chi connectivity index (χ1) is 11.6. The van der Waals surface area contributed by atoms with Gasteiger partial charge in [0.2, 0.25) is 10.0 Å². The molecule has 1 aromatic rings. The Labute approximate surface area is 149 Å². The second-order valence-electron chi connectivity index (χ2n) is 6.87. The van der Waals surface area contributed by atoms with Gasteiger partial charge in [-0.25, -0.2) is 13.6 Å². The molecule has 0 aromatic heterocycles. The standard InChI is InChI=1S/C15H20N2O6S2/c1-15(18)4-2-9(3-5-15)13-8-23-12-7-10(25(16,21)22)6-11(17(19)20)14(12)24-13/h6-7,9,13,18H,2-5,8H2,1H3,(H2,16,21,22). The Hall–Kier alpha value is -1.36. The van der Waals surface area contributed by atoms with E-state index in [1.165, 1.54) is 17.8 Å². The molecule has 0 spiro atoms. The highest BCUT2D eigenvalue weighted by atomic mass is 32.2. The summed E-state index contributed by atoms with van der Waals surface area (Å²) in [6, 6.07) is 2.23. The first kappa shape index (κ1) is 18.4. The highest BCUT2D eigenvalue weighted by Crippen LogP contribution is 2.48. The molecule has 0 radical (unpaired) electrons. The lowest BCUT2D eigenvalue weighted by atomic mass is 9.78. The van der Waals surface area contributed by atoms with E-state index < -0.39 is 20.5 Å². The van der Waals surface area contributed by atoms with Crippen LogP contribution in [0.3, 0.4) is 0 Å². The van der Waals surface area contributed by atoms with Crippen molar-refractivity contribution in [1.82, 2.24) is 0 Å². The van der Waals surface area contributed by atoms with Gasteiger partial charge in [-0.05, 0) is 38.5 Å². The fourth-order valence-corrected chi connectivity index (χ4v) is 5.25. The van der Waals surface area contributed by atoms with Crippen LogP contribution in [0.25, 0.3) is 0 Å². The first-order valence-corrected chi connectivity index (χ1v) is 10.4. The summed E-state index contributed by atoms with van der Waals surface area (Å²) < 4.78 is 28.7. The molecule has 2 aliphatic rings. The molecule has 1 aromatic carbocycles. The average molecular weight is 388 g/mol. The van der Waals surface area contributed by atoms with Gasteiger partial charge in [-0.15, -0.1) is 11.8 Å². The SMILES string of the molecule is CC1(O)CCC(C2COc3cc(S(N)(=O)=O)cc([N+](=O)[O-])c3S2)CC1. The van der Waals surface area contributed by atoms with E-state index in [1.807, 2.05) is 6.92 Å². The maximum Gasteiger partial charge on any atom is 0.288 e. The Morgan fingerprint density at radius 3 is 2.60 bits per heavy atom. The van der Waals surface area contributed by atoms with Gasteiger partial charge >= 0.3 is 0 Å². The van der Waals surface area contributed by atoms with Crippen LogP contribution in [0.15, 0.2) is 21.9 Å². The van der Waals surface area contributed by atoms with Gasteiger partial charge in [0.05, 0.1) is 15.4 Å². The summed E-state index contributed by atoms with van der Waals surface area (Å²) in [4.78, 5) is 10.8. The average Bonchev–Trinajstić information content (AvgIpc) is 2.52. The van der Waals surface area contributed by atoms with Crippen LogP contribution in [0.4, 0.5) is 5.69 Å². The third-order valence-corrected chi connectivity index (χ3v) is 7.20. The normalized spacial score (nSPS) is 29.6. The number of thioether (sulfide) groups is 1. The lowest BCUT2D eigenvalue weighted by molar-refractivity contribution is -0.388. The maximum atomic E-state index is 11.5. The lowest BCUT2D eigenvalue weighted by Crippen LogP contribution is -2.36. The van der Waals surface area contributed by atoms with Crippen LogP contribution in [-0.4, -0.2) is 35.9 Å². The molecule has 1 atom stereocenters. The summed E-state index contributed by atoms with van der Waals surface area (Å²) in [5.74, 6) is 0.471. The Morgan fingerprint density at radius 2 is 2.04 bits per heavy atom. The quantitative estimate of drug-likeness (QED) is 0.598. The fraction of sp³-hybridized carbons (Fsp3) is 0.600. The number of ether oxygens (including phenoxy) is 1. The van der Waals surface area contributed by atoms with Gasteiger partial charge in [0, 0.05) is 17.4 Å². The van der Waals surface area contributed by atoms with Crippen molar-refractivity contribution in [3.05, 3.63) is 22.2 Å². The van der Waals surface area contributed by atoms with Crippen LogP contribution < -0.4 is 9.88 Å². The zero-order valence-electron chi connectivity index (χ0n) is 13.7. The number of fused-ring (bicyclic) bond motifs is 1. The van der Waals surface area contributed by atoms with Crippen molar-refractivity contribution < 1.29 is 23.2 Å². The summed E-state index contributed by atoms with van der Waals surface area (Å²) in [6.07, 6.45) is 3.03. The van der Waals surface area contributed by atoms with Crippen LogP contribution in [0.5, 0.6) is 5.75 Å². The first-order valence-electron chi connectivity index (χ1n) is 7.94. The number of hydrogen-bond donors (Lipinski definition) is 2. The number of primary sulfonamides is 1. The lowest BCUT2D eigenvalue weighted by Gasteiger charge is -2.38. The van der Waals surface area contributed by atoms with Gasteiger partial charge in [0.15, 0.2) is 0 Å². The van der Waals surface area contributed by atoms with Gasteiger partial charge in [0.1, 0.15) is 17.3 Å². The van der Waals surface area contributed by atoms with E-state index in [9.17, 15) is 23.6 Å². The second kappa shape index (κ2) is 6.42. The summed E-state index contributed by atoms with van der Waals surface area (Å²) in [6.45, 7) is 2.17. The van der Waals surface area contributed by atoms with E-state index >= 15 is 0 Å². The molecule has 1 unspecified atom stereocenters. The van der Waals surface area contributed by atoms with E-state index in [0.29, 0.717) is 24.3 Å². The van der Waals surface area contributed by atoms with Crippen molar-refractivity contribution in [2.45, 2.75) is 53.2 Å². The number of nitro benzene ring substituents is 1. The van der Waals surface area contributed by atoms with Crippen LogP contribution in [0.2, 0.25) is 0 Å². The van der Waals surface area contributed by atoms with Crippen molar-refractivity contribution in [1.29, 1.82) is 0 Å². The van der Waals surface area contributed by atoms with Gasteiger partial charge in [-0.1, -0.05) is 0 Å². The topological polar surface area (TPSA) is 133 Å². The molecule has 8 nitrogen and oxygen atoms in total. The number of sulfonamides is 1. The molecule has 0 bridgehead atoms. The van der Waals surface area contributed by atoms with E-state index in [2.05, 4.69) is 0 Å². The predicted molar refractivity (Wildman–Crippen MR) is 92.2 cm³/mol. The van der Waals surface area contributed by atoms with Gasteiger partial charge in [-0.2, -0.15) is 0 Å². The second-order valence-corrected chi connectivity index (χ2v) is 9.68. The Bertz CT molecular complexity index is 798. The molecule has 3 N–H and O–H groups in total. The number of benzene rings is 1. The molecule has 1 aliphatic heterocycles. The molecule has 1 heterocycles. The van der Waals surface area contributed by atoms with Crippen molar-refractivity contribution >= 4 is 27.5 Å². The van der Waals surface area contributed by atoms with Gasteiger partial charge in [0.25, 0.3) is 5.69 Å². The zero-order valence-corrected chi connectivity index (χ0v) is 15.3. The number of hydrogen-bond acceptors (Lipinski definition) is 7. The molecule has 1 fully saturated rings. The minimum Gasteiger partial charge on any atom is -0.491 e. The maximum absolute atomic E-state index is 11.5. The minimum absolute atomic E-state index is 0.0302. The van der Waals surface area contributed by atoms with Crippen LogP contribution in [0.1, 0.15) is 32.6 Å². The summed E-state index contributed by atoms with van der Waals surface area (Å²) in [5.41, 5.74) is -0.954. The number of rotatable bonds is 3. The largest absolute Gasteiger partial charge is 0.491 e. The molecule has 138 valence electrons. The third kappa shape index (κ3) is 3.91. The van der Waals surface area contributed by atoms with Crippen LogP contribution >= 0.6 is 11.8 Å². The highest BCUT2D eigenvalue weighted by Gasteiger charge is 2.38. The van der Waals surface area contributed by atoms with E-state index in [-0.39, 0.29) is 27.5 Å². The number of nitrogens with zero attached hydrogens (tertiary/aromatic N) is 1. The van der Waals surface area contributed by atoms with Crippen molar-refractivity contribution in [2.24, 2.45) is 11.1 Å². The monoisotopic (exact) mass is 388 g/mol. The third-order valence-electron chi connectivity index (χ3n) is 4.84. The molecular formula is C15H20N2O6S2. The Kier molecular flexibility index (Phi) is 4.73. The zero-order chi connectivity index (χ0) is 18.4. The summed E-state index contributed by atoms with van der Waals surface area (Å²) >= 11 is 1.35. The number of nitro groups is 1. The molecular weight excluding hydrogens is 368 g/mol. The van der Waals surface area contributed by atoms with Crippen LogP contribution in [0, 0.1) is 16.0 Å². The Balaban J connectivity index is 1.89. The molecule has 0 amide bonds. The minimum atomic E-state index is -4.06. The number of nitrogens with two attached hydrogens (primary N) is 1. The Morgan fingerprint density at radius 1 is 1.40 bits per heavy atom. The molecule has 3 rings (SSSR count). The van der Waals surface area contributed by atoms with Crippen molar-refractivity contribution in [3.8, 4) is 5.75 Å². The number of aliphatic hydroxyl groups is 1. The summed E-state index contributed by atoms with van der Waals surface area (Å²) in [5, 5.41) is 26.6. The predicted octanol–water partition coefficient (Wildman–Crippen LogP) is 2.04. The summed E-state index contributed by atoms with van der Waals surface area (Å²) in [7, 11) is -4.06. The van der Waals surface area contributed by atoms with E-state index in [4.69, 9.17) is 9.88 Å². The molecule has 25 heavy (non-hydrogen) atoms. The van der Waals surface area contributed by atoms with Crippen molar-refractivity contribution in [2.75, 3.05) is 6.61 Å². The molecule has 1 saturated carbocycles. The van der Waals surface area contributed by atoms with Crippen LogP contribution in [-0.2, 0) is 10.0 Å². The van der Waals surface area contributed by atoms with Crippen molar-refractivity contribution in [3.63, 3.8) is 0 Å².